The molecular formula is C39H34ClN3O5S2. The van der Waals surface area contributed by atoms with Gasteiger partial charge in [-0.1, -0.05) is 77.8 Å². The zero-order valence-electron chi connectivity index (χ0n) is 27.5. The average molecular weight is 724 g/mol. The predicted octanol–water partition coefficient (Wildman–Crippen LogP) is 9.08. The van der Waals surface area contributed by atoms with Crippen molar-refractivity contribution >= 4 is 75.2 Å². The normalized spacial score (nSPS) is 11.7. The Kier molecular flexibility index (Phi) is 12.3. The molecule has 0 fully saturated rings. The second-order valence-corrected chi connectivity index (χ2v) is 13.8. The summed E-state index contributed by atoms with van der Waals surface area (Å²) in [5.74, 6) is -1.80. The summed E-state index contributed by atoms with van der Waals surface area (Å²) in [4.78, 5) is 53.7. The Morgan fingerprint density at radius 1 is 0.900 bits per heavy atom. The number of nitrogens with one attached hydrogen (secondary N) is 3. The van der Waals surface area contributed by atoms with Gasteiger partial charge in [0.15, 0.2) is 0 Å². The topological polar surface area (TPSA) is 114 Å². The van der Waals surface area contributed by atoms with Gasteiger partial charge in [0.05, 0.1) is 11.9 Å². The van der Waals surface area contributed by atoms with E-state index >= 15 is 0 Å². The molecule has 0 bridgehead atoms. The van der Waals surface area contributed by atoms with Crippen LogP contribution in [0.4, 0.5) is 10.7 Å². The Hall–Kier alpha value is -5.16. The van der Waals surface area contributed by atoms with E-state index in [0.29, 0.717) is 38.0 Å². The van der Waals surface area contributed by atoms with Crippen molar-refractivity contribution in [2.45, 2.75) is 30.9 Å². The number of aryl methyl sites for hydroxylation is 1. The highest BCUT2D eigenvalue weighted by Gasteiger charge is 2.25. The van der Waals surface area contributed by atoms with Crippen molar-refractivity contribution < 1.29 is 23.9 Å². The maximum absolute atomic E-state index is 13.5. The van der Waals surface area contributed by atoms with E-state index in [0.717, 1.165) is 16.0 Å². The van der Waals surface area contributed by atoms with Crippen molar-refractivity contribution in [1.82, 2.24) is 5.32 Å². The first-order valence-corrected chi connectivity index (χ1v) is 17.8. The first-order chi connectivity index (χ1) is 24.1. The largest absolute Gasteiger partial charge is 0.462 e. The fraction of sp³-hybridized carbons (Fsp3) is 0.128. The first kappa shape index (κ1) is 36.1. The minimum Gasteiger partial charge on any atom is -0.462 e. The third kappa shape index (κ3) is 9.50. The molecule has 0 saturated heterocycles. The molecule has 1 heterocycles. The Morgan fingerprint density at radius 3 is 2.36 bits per heavy atom. The lowest BCUT2D eigenvalue weighted by molar-refractivity contribution is -0.115. The van der Waals surface area contributed by atoms with Gasteiger partial charge in [-0.15, -0.1) is 23.1 Å². The van der Waals surface area contributed by atoms with Gasteiger partial charge in [-0.05, 0) is 80.4 Å². The molecule has 0 radical (unpaired) electrons. The number of carbonyl (C=O) groups excluding carboxylic acids is 4. The monoisotopic (exact) mass is 723 g/mol. The SMILES string of the molecule is CCOC(=O)c1c(-c2ccc(C)cc2)csc1NC(=O)C(C)Sc1cccc(NC(=O)/C(=C/c2cccc(Cl)c2)NC(=O)c2ccccc2)c1. The number of thioether (sulfide) groups is 1. The Morgan fingerprint density at radius 2 is 1.64 bits per heavy atom. The molecule has 8 nitrogen and oxygen atoms in total. The number of esters is 1. The number of benzene rings is 4. The van der Waals surface area contributed by atoms with Crippen LogP contribution in [0.25, 0.3) is 17.2 Å². The molecule has 0 aliphatic rings. The van der Waals surface area contributed by atoms with E-state index in [2.05, 4.69) is 16.0 Å². The molecule has 11 heteroatoms. The van der Waals surface area contributed by atoms with Crippen LogP contribution in [0.5, 0.6) is 0 Å². The van der Waals surface area contributed by atoms with Crippen molar-refractivity contribution in [2.24, 2.45) is 0 Å². The van der Waals surface area contributed by atoms with Gasteiger partial charge in [0.25, 0.3) is 11.8 Å². The van der Waals surface area contributed by atoms with E-state index in [-0.39, 0.29) is 18.2 Å². The molecule has 3 amide bonds. The minimum atomic E-state index is -0.565. The van der Waals surface area contributed by atoms with Crippen molar-refractivity contribution in [1.29, 1.82) is 0 Å². The van der Waals surface area contributed by atoms with Crippen LogP contribution in [-0.2, 0) is 14.3 Å². The third-order valence-corrected chi connectivity index (χ3v) is 9.56. The van der Waals surface area contributed by atoms with Gasteiger partial charge < -0.3 is 20.7 Å². The smallest absolute Gasteiger partial charge is 0.341 e. The quantitative estimate of drug-likeness (QED) is 0.0673. The molecule has 3 N–H and O–H groups in total. The second kappa shape index (κ2) is 17.0. The van der Waals surface area contributed by atoms with Crippen LogP contribution < -0.4 is 16.0 Å². The van der Waals surface area contributed by atoms with Gasteiger partial charge in [-0.2, -0.15) is 0 Å². The number of ether oxygens (including phenoxy) is 1. The van der Waals surface area contributed by atoms with Gasteiger partial charge >= 0.3 is 5.97 Å². The number of thiophene rings is 1. The molecule has 50 heavy (non-hydrogen) atoms. The van der Waals surface area contributed by atoms with Gasteiger partial charge in [0.2, 0.25) is 5.91 Å². The molecule has 1 aromatic heterocycles. The van der Waals surface area contributed by atoms with E-state index < -0.39 is 23.0 Å². The highest BCUT2D eigenvalue weighted by molar-refractivity contribution is 8.00. The summed E-state index contributed by atoms with van der Waals surface area (Å²) in [5, 5.41) is 10.7. The number of rotatable bonds is 12. The van der Waals surface area contributed by atoms with Crippen LogP contribution in [0.15, 0.2) is 119 Å². The predicted molar refractivity (Wildman–Crippen MR) is 203 cm³/mol. The molecule has 0 spiro atoms. The summed E-state index contributed by atoms with van der Waals surface area (Å²) < 4.78 is 5.34. The molecule has 0 aliphatic carbocycles. The van der Waals surface area contributed by atoms with Crippen LogP contribution in [0, 0.1) is 6.92 Å². The Balaban J connectivity index is 1.30. The van der Waals surface area contributed by atoms with Crippen LogP contribution in [0.3, 0.4) is 0 Å². The number of halogens is 1. The van der Waals surface area contributed by atoms with Crippen LogP contribution >= 0.6 is 34.7 Å². The number of amides is 3. The first-order valence-electron chi connectivity index (χ1n) is 15.7. The van der Waals surface area contributed by atoms with Gasteiger partial charge in [0.1, 0.15) is 16.3 Å². The highest BCUT2D eigenvalue weighted by Crippen LogP contribution is 2.37. The molecule has 1 unspecified atom stereocenters. The van der Waals surface area contributed by atoms with E-state index in [4.69, 9.17) is 16.3 Å². The summed E-state index contributed by atoms with van der Waals surface area (Å²) in [7, 11) is 0. The number of hydrogen-bond acceptors (Lipinski definition) is 7. The highest BCUT2D eigenvalue weighted by atomic mass is 35.5. The zero-order chi connectivity index (χ0) is 35.6. The fourth-order valence-corrected chi connectivity index (χ4v) is 6.91. The van der Waals surface area contributed by atoms with E-state index in [1.807, 2.05) is 42.6 Å². The Bertz CT molecular complexity index is 2040. The maximum atomic E-state index is 13.5. The fourth-order valence-electron chi connectivity index (χ4n) is 4.82. The minimum absolute atomic E-state index is 0.0188. The number of carbonyl (C=O) groups is 4. The summed E-state index contributed by atoms with van der Waals surface area (Å²) >= 11 is 8.72. The van der Waals surface area contributed by atoms with Crippen LogP contribution in [0.1, 0.15) is 45.7 Å². The van der Waals surface area contributed by atoms with Crippen molar-refractivity contribution in [2.75, 3.05) is 17.2 Å². The lowest BCUT2D eigenvalue weighted by Crippen LogP contribution is -2.30. The van der Waals surface area contributed by atoms with Gasteiger partial charge in [-0.3, -0.25) is 14.4 Å². The molecule has 254 valence electrons. The Labute approximate surface area is 303 Å². The molecule has 1 atom stereocenters. The van der Waals surface area contributed by atoms with E-state index in [1.54, 1.807) is 92.7 Å². The van der Waals surface area contributed by atoms with Crippen molar-refractivity contribution in [3.63, 3.8) is 0 Å². The molecule has 0 aliphatic heterocycles. The van der Waals surface area contributed by atoms with Crippen LogP contribution in [-0.4, -0.2) is 35.5 Å². The van der Waals surface area contributed by atoms with Gasteiger partial charge in [0, 0.05) is 32.1 Å². The average Bonchev–Trinajstić information content (AvgIpc) is 3.52. The van der Waals surface area contributed by atoms with Gasteiger partial charge in [-0.25, -0.2) is 4.79 Å². The standard InChI is InChI=1S/C39H34ClN3O5S2/c1-4-48-39(47)34-32(27-18-16-24(2)17-19-27)23-49-38(34)43-35(44)25(3)50-31-15-9-14-30(22-31)41-37(46)33(21-26-10-8-13-29(40)20-26)42-36(45)28-11-6-5-7-12-28/h5-23,25H,4H2,1-3H3,(H,41,46)(H,42,45)(H,43,44)/b33-21-. The summed E-state index contributed by atoms with van der Waals surface area (Å²) in [6, 6.07) is 30.3. The lowest BCUT2D eigenvalue weighted by atomic mass is 10.0. The van der Waals surface area contributed by atoms with Crippen LogP contribution in [0.2, 0.25) is 5.02 Å². The molecule has 5 aromatic rings. The molecule has 0 saturated carbocycles. The lowest BCUT2D eigenvalue weighted by Gasteiger charge is -2.14. The summed E-state index contributed by atoms with van der Waals surface area (Å²) in [6.45, 7) is 5.68. The zero-order valence-corrected chi connectivity index (χ0v) is 29.9. The van der Waals surface area contributed by atoms with Crippen molar-refractivity contribution in [3.05, 3.63) is 141 Å². The number of hydrogen-bond donors (Lipinski definition) is 3. The summed E-state index contributed by atoms with van der Waals surface area (Å²) in [6.07, 6.45) is 1.55. The molecule has 5 rings (SSSR count). The van der Waals surface area contributed by atoms with Crippen molar-refractivity contribution in [3.8, 4) is 11.1 Å². The third-order valence-electron chi connectivity index (χ3n) is 7.33. The molecule has 4 aromatic carbocycles. The molecular weight excluding hydrogens is 690 g/mol. The maximum Gasteiger partial charge on any atom is 0.341 e. The summed E-state index contributed by atoms with van der Waals surface area (Å²) in [5.41, 5.74) is 4.45. The number of anilines is 2. The van der Waals surface area contributed by atoms with E-state index in [1.165, 1.54) is 23.1 Å². The second-order valence-electron chi connectivity index (χ2n) is 11.1. The van der Waals surface area contributed by atoms with E-state index in [9.17, 15) is 19.2 Å².